The number of aromatic nitrogens is 1. The predicted molar refractivity (Wildman–Crippen MR) is 95.6 cm³/mol. The fourth-order valence-electron chi connectivity index (χ4n) is 2.43. The lowest BCUT2D eigenvalue weighted by Gasteiger charge is -2.19. The van der Waals surface area contributed by atoms with Gasteiger partial charge in [-0.1, -0.05) is 18.2 Å². The molecule has 2 aromatic rings. The molecule has 1 heterocycles. The maximum atomic E-state index is 12.0. The Morgan fingerprint density at radius 3 is 2.52 bits per heavy atom. The third kappa shape index (κ3) is 4.71. The number of amides is 1. The van der Waals surface area contributed by atoms with Crippen molar-refractivity contribution in [1.29, 1.82) is 0 Å². The molecule has 1 aromatic carbocycles. The fourth-order valence-corrected chi connectivity index (χ4v) is 2.43. The Bertz CT molecular complexity index is 636. The van der Waals surface area contributed by atoms with E-state index in [1.807, 2.05) is 36.4 Å². The van der Waals surface area contributed by atoms with E-state index in [9.17, 15) is 4.79 Å². The first-order valence-electron chi connectivity index (χ1n) is 7.98. The highest BCUT2D eigenvalue weighted by molar-refractivity contribution is 5.90. The first-order valence-corrected chi connectivity index (χ1v) is 7.98. The van der Waals surface area contributed by atoms with Gasteiger partial charge in [0.1, 0.15) is 5.82 Å². The number of hydrogen-bond donors (Lipinski definition) is 2. The molecule has 0 unspecified atom stereocenters. The van der Waals surface area contributed by atoms with Gasteiger partial charge in [-0.05, 0) is 44.0 Å². The van der Waals surface area contributed by atoms with Gasteiger partial charge in [-0.15, -0.1) is 0 Å². The van der Waals surface area contributed by atoms with Crippen LogP contribution in [0.3, 0.4) is 0 Å². The van der Waals surface area contributed by atoms with Crippen molar-refractivity contribution >= 4 is 23.1 Å². The lowest BCUT2D eigenvalue weighted by Crippen LogP contribution is -2.22. The summed E-state index contributed by atoms with van der Waals surface area (Å²) in [4.78, 5) is 18.6. The minimum absolute atomic E-state index is 0.0364. The van der Waals surface area contributed by atoms with Gasteiger partial charge in [-0.3, -0.25) is 4.79 Å². The van der Waals surface area contributed by atoms with Gasteiger partial charge >= 0.3 is 0 Å². The molecule has 3 N–H and O–H groups in total. The SMILES string of the molecule is CCN(CC)c1ccc(NC(=O)CCc2ccccc2N)cn1. The molecule has 0 saturated carbocycles. The first-order chi connectivity index (χ1) is 11.1. The number of hydrogen-bond acceptors (Lipinski definition) is 4. The second-order valence-corrected chi connectivity index (χ2v) is 5.32. The number of nitrogen functional groups attached to an aromatic ring is 1. The van der Waals surface area contributed by atoms with E-state index in [-0.39, 0.29) is 5.91 Å². The van der Waals surface area contributed by atoms with Crippen molar-refractivity contribution in [3.05, 3.63) is 48.2 Å². The molecule has 0 fully saturated rings. The van der Waals surface area contributed by atoms with Crippen LogP contribution < -0.4 is 16.0 Å². The third-order valence-electron chi connectivity index (χ3n) is 3.80. The number of para-hydroxylation sites is 1. The number of nitrogens with two attached hydrogens (primary N) is 1. The zero-order chi connectivity index (χ0) is 16.7. The number of carbonyl (C=O) groups excluding carboxylic acids is 1. The van der Waals surface area contributed by atoms with Gasteiger partial charge in [0.2, 0.25) is 5.91 Å². The molecule has 122 valence electrons. The number of benzene rings is 1. The van der Waals surface area contributed by atoms with E-state index in [1.54, 1.807) is 6.20 Å². The van der Waals surface area contributed by atoms with Crippen LogP contribution in [0.15, 0.2) is 42.6 Å². The molecule has 5 nitrogen and oxygen atoms in total. The van der Waals surface area contributed by atoms with Gasteiger partial charge < -0.3 is 16.0 Å². The van der Waals surface area contributed by atoms with Crippen molar-refractivity contribution in [2.75, 3.05) is 29.0 Å². The van der Waals surface area contributed by atoms with E-state index < -0.39 is 0 Å². The number of aryl methyl sites for hydroxylation is 1. The molecule has 1 amide bonds. The van der Waals surface area contributed by atoms with Crippen molar-refractivity contribution in [3.63, 3.8) is 0 Å². The fraction of sp³-hybridized carbons (Fsp3) is 0.333. The highest BCUT2D eigenvalue weighted by Crippen LogP contribution is 2.15. The monoisotopic (exact) mass is 312 g/mol. The summed E-state index contributed by atoms with van der Waals surface area (Å²) < 4.78 is 0. The van der Waals surface area contributed by atoms with Crippen molar-refractivity contribution in [2.24, 2.45) is 0 Å². The van der Waals surface area contributed by atoms with Gasteiger partial charge in [0.15, 0.2) is 0 Å². The van der Waals surface area contributed by atoms with Crippen LogP contribution in [0.25, 0.3) is 0 Å². The molecule has 0 spiro atoms. The summed E-state index contributed by atoms with van der Waals surface area (Å²) in [5, 5.41) is 2.87. The summed E-state index contributed by atoms with van der Waals surface area (Å²) in [6, 6.07) is 11.4. The molecule has 0 saturated heterocycles. The summed E-state index contributed by atoms with van der Waals surface area (Å²) >= 11 is 0. The topological polar surface area (TPSA) is 71.2 Å². The van der Waals surface area contributed by atoms with Crippen LogP contribution in [0.1, 0.15) is 25.8 Å². The average Bonchev–Trinajstić information content (AvgIpc) is 2.57. The van der Waals surface area contributed by atoms with Crippen LogP contribution in [-0.2, 0) is 11.2 Å². The lowest BCUT2D eigenvalue weighted by molar-refractivity contribution is -0.116. The van der Waals surface area contributed by atoms with Crippen molar-refractivity contribution in [3.8, 4) is 0 Å². The number of pyridine rings is 1. The standard InChI is InChI=1S/C18H24N4O/c1-3-22(4-2)17-11-10-15(13-20-17)21-18(23)12-9-14-7-5-6-8-16(14)19/h5-8,10-11,13H,3-4,9,12,19H2,1-2H3,(H,21,23). The number of anilines is 3. The highest BCUT2D eigenvalue weighted by Gasteiger charge is 2.07. The molecule has 1 aromatic heterocycles. The van der Waals surface area contributed by atoms with Crippen LogP contribution in [0.2, 0.25) is 0 Å². The van der Waals surface area contributed by atoms with E-state index in [0.717, 1.165) is 30.2 Å². The van der Waals surface area contributed by atoms with Crippen molar-refractivity contribution < 1.29 is 4.79 Å². The summed E-state index contributed by atoms with van der Waals surface area (Å²) in [5.74, 6) is 0.885. The zero-order valence-electron chi connectivity index (χ0n) is 13.7. The molecule has 0 aliphatic rings. The number of rotatable bonds is 7. The van der Waals surface area contributed by atoms with Crippen LogP contribution in [0.5, 0.6) is 0 Å². The maximum absolute atomic E-state index is 12.0. The molecular formula is C18H24N4O. The second kappa shape index (κ2) is 8.17. The van der Waals surface area contributed by atoms with Crippen molar-refractivity contribution in [1.82, 2.24) is 4.98 Å². The van der Waals surface area contributed by atoms with E-state index in [0.29, 0.717) is 18.5 Å². The van der Waals surface area contributed by atoms with E-state index in [4.69, 9.17) is 5.73 Å². The first kappa shape index (κ1) is 16.8. The van der Waals surface area contributed by atoms with Gasteiger partial charge in [0.25, 0.3) is 0 Å². The Morgan fingerprint density at radius 1 is 1.17 bits per heavy atom. The van der Waals surface area contributed by atoms with E-state index >= 15 is 0 Å². The van der Waals surface area contributed by atoms with Crippen LogP contribution in [0.4, 0.5) is 17.2 Å². The Morgan fingerprint density at radius 2 is 1.91 bits per heavy atom. The summed E-state index contributed by atoms with van der Waals surface area (Å²) in [6.45, 7) is 6.01. The Labute approximate surface area is 137 Å². The van der Waals surface area contributed by atoms with Gasteiger partial charge in [0, 0.05) is 25.2 Å². The molecule has 5 heteroatoms. The van der Waals surface area contributed by atoms with Crippen molar-refractivity contribution in [2.45, 2.75) is 26.7 Å². The summed E-state index contributed by atoms with van der Waals surface area (Å²) in [6.07, 6.45) is 2.72. The minimum Gasteiger partial charge on any atom is -0.399 e. The minimum atomic E-state index is -0.0364. The lowest BCUT2D eigenvalue weighted by atomic mass is 10.1. The number of nitrogens with one attached hydrogen (secondary N) is 1. The quantitative estimate of drug-likeness (QED) is 0.771. The van der Waals surface area contributed by atoms with Crippen LogP contribution in [-0.4, -0.2) is 24.0 Å². The van der Waals surface area contributed by atoms with E-state index in [1.165, 1.54) is 0 Å². The molecular weight excluding hydrogens is 288 g/mol. The summed E-state index contributed by atoms with van der Waals surface area (Å²) in [7, 11) is 0. The Balaban J connectivity index is 1.89. The molecule has 23 heavy (non-hydrogen) atoms. The zero-order valence-corrected chi connectivity index (χ0v) is 13.7. The van der Waals surface area contributed by atoms with E-state index in [2.05, 4.69) is 29.0 Å². The van der Waals surface area contributed by atoms with Gasteiger partial charge in [0.05, 0.1) is 11.9 Å². The maximum Gasteiger partial charge on any atom is 0.224 e. The Hall–Kier alpha value is -2.56. The average molecular weight is 312 g/mol. The Kier molecular flexibility index (Phi) is 5.97. The van der Waals surface area contributed by atoms with Crippen LogP contribution in [0, 0.1) is 0 Å². The molecule has 0 aliphatic carbocycles. The third-order valence-corrected chi connectivity index (χ3v) is 3.80. The second-order valence-electron chi connectivity index (χ2n) is 5.32. The molecule has 2 rings (SSSR count). The van der Waals surface area contributed by atoms with Crippen LogP contribution >= 0.6 is 0 Å². The van der Waals surface area contributed by atoms with Gasteiger partial charge in [-0.25, -0.2) is 4.98 Å². The predicted octanol–water partition coefficient (Wildman–Crippen LogP) is 3.08. The number of carbonyl (C=O) groups is 1. The normalized spacial score (nSPS) is 10.3. The molecule has 0 atom stereocenters. The smallest absolute Gasteiger partial charge is 0.224 e. The highest BCUT2D eigenvalue weighted by atomic mass is 16.1. The van der Waals surface area contributed by atoms with Gasteiger partial charge in [-0.2, -0.15) is 0 Å². The summed E-state index contributed by atoms with van der Waals surface area (Å²) in [5.41, 5.74) is 8.32. The molecule has 0 radical (unpaired) electrons. The largest absolute Gasteiger partial charge is 0.399 e. The molecule has 0 aliphatic heterocycles. The number of nitrogens with zero attached hydrogens (tertiary/aromatic N) is 2. The molecule has 0 bridgehead atoms.